The lowest BCUT2D eigenvalue weighted by molar-refractivity contribution is 0.0947. The summed E-state index contributed by atoms with van der Waals surface area (Å²) in [5.74, 6) is 1.43. The third kappa shape index (κ3) is 2.71. The van der Waals surface area contributed by atoms with Crippen LogP contribution in [-0.2, 0) is 6.54 Å². The quantitative estimate of drug-likeness (QED) is 0.815. The molecule has 0 fully saturated rings. The van der Waals surface area contributed by atoms with E-state index in [1.807, 2.05) is 32.0 Å². The SMILES string of the molecule is Cc1ccc(CNC(=O)c2cc(N)ccc2C)o1. The third-order valence-electron chi connectivity index (χ3n) is 2.73. The number of aryl methyl sites for hydroxylation is 2. The molecule has 3 N–H and O–H groups in total. The number of nitrogens with one attached hydrogen (secondary N) is 1. The van der Waals surface area contributed by atoms with Gasteiger partial charge in [-0.2, -0.15) is 0 Å². The Hall–Kier alpha value is -2.23. The van der Waals surface area contributed by atoms with E-state index in [1.54, 1.807) is 12.1 Å². The number of hydrogen-bond donors (Lipinski definition) is 2. The molecule has 0 unspecified atom stereocenters. The lowest BCUT2D eigenvalue weighted by Crippen LogP contribution is -2.23. The monoisotopic (exact) mass is 244 g/mol. The fourth-order valence-electron chi connectivity index (χ4n) is 1.73. The molecule has 0 spiro atoms. The molecule has 94 valence electrons. The second kappa shape index (κ2) is 4.96. The lowest BCUT2D eigenvalue weighted by Gasteiger charge is -2.07. The number of carbonyl (C=O) groups excluding carboxylic acids is 1. The molecule has 0 aliphatic rings. The molecular weight excluding hydrogens is 228 g/mol. The smallest absolute Gasteiger partial charge is 0.252 e. The maximum Gasteiger partial charge on any atom is 0.252 e. The van der Waals surface area contributed by atoms with Crippen LogP contribution in [0.3, 0.4) is 0 Å². The maximum absolute atomic E-state index is 12.0. The predicted molar refractivity (Wildman–Crippen MR) is 70.2 cm³/mol. The highest BCUT2D eigenvalue weighted by molar-refractivity contribution is 5.96. The normalized spacial score (nSPS) is 10.3. The molecule has 4 nitrogen and oxygen atoms in total. The summed E-state index contributed by atoms with van der Waals surface area (Å²) < 4.78 is 5.38. The van der Waals surface area contributed by atoms with Crippen LogP contribution in [0, 0.1) is 13.8 Å². The van der Waals surface area contributed by atoms with E-state index >= 15 is 0 Å². The number of benzene rings is 1. The average Bonchev–Trinajstić information content (AvgIpc) is 2.75. The Labute approximate surface area is 106 Å². The van der Waals surface area contributed by atoms with Gasteiger partial charge in [0.15, 0.2) is 0 Å². The summed E-state index contributed by atoms with van der Waals surface area (Å²) in [6.45, 7) is 4.12. The van der Waals surface area contributed by atoms with E-state index in [0.717, 1.165) is 17.1 Å². The molecule has 0 radical (unpaired) electrons. The molecule has 1 aromatic carbocycles. The molecule has 0 saturated carbocycles. The minimum atomic E-state index is -0.145. The van der Waals surface area contributed by atoms with Crippen LogP contribution in [0.4, 0.5) is 5.69 Å². The summed E-state index contributed by atoms with van der Waals surface area (Å²) in [6.07, 6.45) is 0. The van der Waals surface area contributed by atoms with Gasteiger partial charge in [-0.1, -0.05) is 6.07 Å². The Morgan fingerprint density at radius 3 is 2.72 bits per heavy atom. The van der Waals surface area contributed by atoms with Gasteiger partial charge in [0.2, 0.25) is 0 Å². The van der Waals surface area contributed by atoms with Crippen molar-refractivity contribution in [3.63, 3.8) is 0 Å². The molecule has 0 aliphatic carbocycles. The summed E-state index contributed by atoms with van der Waals surface area (Å²) in [5.41, 5.74) is 7.76. The van der Waals surface area contributed by atoms with Crippen molar-refractivity contribution >= 4 is 11.6 Å². The second-order valence-corrected chi connectivity index (χ2v) is 4.27. The van der Waals surface area contributed by atoms with E-state index in [2.05, 4.69) is 5.32 Å². The number of carbonyl (C=O) groups is 1. The van der Waals surface area contributed by atoms with E-state index in [1.165, 1.54) is 0 Å². The van der Waals surface area contributed by atoms with Crippen molar-refractivity contribution in [2.45, 2.75) is 20.4 Å². The van der Waals surface area contributed by atoms with Crippen molar-refractivity contribution in [1.82, 2.24) is 5.32 Å². The average molecular weight is 244 g/mol. The van der Waals surface area contributed by atoms with Gasteiger partial charge < -0.3 is 15.5 Å². The van der Waals surface area contributed by atoms with Gasteiger partial charge in [0.05, 0.1) is 6.54 Å². The van der Waals surface area contributed by atoms with Crippen LogP contribution in [0.25, 0.3) is 0 Å². The Balaban J connectivity index is 2.05. The highest BCUT2D eigenvalue weighted by atomic mass is 16.3. The van der Waals surface area contributed by atoms with E-state index in [9.17, 15) is 4.79 Å². The molecule has 2 rings (SSSR count). The number of hydrogen-bond acceptors (Lipinski definition) is 3. The first-order valence-corrected chi connectivity index (χ1v) is 5.76. The van der Waals surface area contributed by atoms with Crippen molar-refractivity contribution in [1.29, 1.82) is 0 Å². The van der Waals surface area contributed by atoms with Gasteiger partial charge in [-0.3, -0.25) is 4.79 Å². The van der Waals surface area contributed by atoms with Crippen LogP contribution in [-0.4, -0.2) is 5.91 Å². The van der Waals surface area contributed by atoms with Gasteiger partial charge in [0, 0.05) is 11.3 Å². The first kappa shape index (κ1) is 12.2. The summed E-state index contributed by atoms with van der Waals surface area (Å²) in [6, 6.07) is 9.01. The van der Waals surface area contributed by atoms with Crippen LogP contribution in [0.5, 0.6) is 0 Å². The standard InChI is InChI=1S/C14H16N2O2/c1-9-3-5-11(15)7-13(9)14(17)16-8-12-6-4-10(2)18-12/h3-7H,8,15H2,1-2H3,(H,16,17). The van der Waals surface area contributed by atoms with Crippen LogP contribution in [0.1, 0.15) is 27.4 Å². The van der Waals surface area contributed by atoms with E-state index < -0.39 is 0 Å². The van der Waals surface area contributed by atoms with Crippen molar-refractivity contribution in [3.05, 3.63) is 53.0 Å². The largest absolute Gasteiger partial charge is 0.465 e. The molecular formula is C14H16N2O2. The summed E-state index contributed by atoms with van der Waals surface area (Å²) in [5, 5.41) is 2.81. The number of nitrogens with two attached hydrogens (primary N) is 1. The molecule has 0 saturated heterocycles. The Bertz CT molecular complexity index is 573. The Morgan fingerprint density at radius 2 is 2.06 bits per heavy atom. The molecule has 0 aliphatic heterocycles. The van der Waals surface area contributed by atoms with E-state index in [0.29, 0.717) is 17.8 Å². The highest BCUT2D eigenvalue weighted by Crippen LogP contribution is 2.13. The minimum Gasteiger partial charge on any atom is -0.465 e. The maximum atomic E-state index is 12.0. The number of rotatable bonds is 3. The van der Waals surface area contributed by atoms with Gasteiger partial charge in [0.25, 0.3) is 5.91 Å². The van der Waals surface area contributed by atoms with E-state index in [-0.39, 0.29) is 5.91 Å². The molecule has 1 amide bonds. The van der Waals surface area contributed by atoms with Gasteiger partial charge >= 0.3 is 0 Å². The summed E-state index contributed by atoms with van der Waals surface area (Å²) >= 11 is 0. The van der Waals surface area contributed by atoms with Crippen molar-refractivity contribution < 1.29 is 9.21 Å². The number of anilines is 1. The van der Waals surface area contributed by atoms with Crippen molar-refractivity contribution in [3.8, 4) is 0 Å². The Morgan fingerprint density at radius 1 is 1.28 bits per heavy atom. The van der Waals surface area contributed by atoms with Gasteiger partial charge in [-0.05, 0) is 43.7 Å². The van der Waals surface area contributed by atoms with Gasteiger partial charge in [-0.15, -0.1) is 0 Å². The molecule has 2 aromatic rings. The van der Waals surface area contributed by atoms with Crippen molar-refractivity contribution in [2.24, 2.45) is 0 Å². The minimum absolute atomic E-state index is 0.145. The third-order valence-corrected chi connectivity index (χ3v) is 2.73. The molecule has 0 atom stereocenters. The molecule has 1 aromatic heterocycles. The van der Waals surface area contributed by atoms with Crippen LogP contribution in [0.15, 0.2) is 34.7 Å². The fourth-order valence-corrected chi connectivity index (χ4v) is 1.73. The fraction of sp³-hybridized carbons (Fsp3) is 0.214. The lowest BCUT2D eigenvalue weighted by atomic mass is 10.1. The van der Waals surface area contributed by atoms with Gasteiger partial charge in [0.1, 0.15) is 11.5 Å². The zero-order valence-electron chi connectivity index (χ0n) is 10.5. The number of furan rings is 1. The predicted octanol–water partition coefficient (Wildman–Crippen LogP) is 2.41. The van der Waals surface area contributed by atoms with Crippen molar-refractivity contribution in [2.75, 3.05) is 5.73 Å². The summed E-state index contributed by atoms with van der Waals surface area (Å²) in [7, 11) is 0. The topological polar surface area (TPSA) is 68.3 Å². The molecule has 1 heterocycles. The molecule has 4 heteroatoms. The first-order chi connectivity index (χ1) is 8.56. The number of amides is 1. The summed E-state index contributed by atoms with van der Waals surface area (Å²) in [4.78, 5) is 12.0. The second-order valence-electron chi connectivity index (χ2n) is 4.27. The van der Waals surface area contributed by atoms with Crippen LogP contribution >= 0.6 is 0 Å². The Kier molecular flexibility index (Phi) is 3.37. The molecule has 18 heavy (non-hydrogen) atoms. The molecule has 0 bridgehead atoms. The van der Waals surface area contributed by atoms with E-state index in [4.69, 9.17) is 10.2 Å². The van der Waals surface area contributed by atoms with Crippen LogP contribution in [0.2, 0.25) is 0 Å². The highest BCUT2D eigenvalue weighted by Gasteiger charge is 2.09. The zero-order chi connectivity index (χ0) is 13.1. The van der Waals surface area contributed by atoms with Gasteiger partial charge in [-0.25, -0.2) is 0 Å². The van der Waals surface area contributed by atoms with Crippen LogP contribution < -0.4 is 11.1 Å². The number of nitrogen functional groups attached to an aromatic ring is 1. The first-order valence-electron chi connectivity index (χ1n) is 5.76. The zero-order valence-corrected chi connectivity index (χ0v) is 10.5.